The summed E-state index contributed by atoms with van der Waals surface area (Å²) >= 11 is 1.00. The first-order chi connectivity index (χ1) is 12.9. The van der Waals surface area contributed by atoms with E-state index >= 15 is 0 Å². The second-order valence-corrected chi connectivity index (χ2v) is 6.39. The minimum Gasteiger partial charge on any atom is -0.497 e. The van der Waals surface area contributed by atoms with Gasteiger partial charge in [0.1, 0.15) is 17.3 Å². The van der Waals surface area contributed by atoms with E-state index in [1.807, 2.05) is 0 Å². The van der Waals surface area contributed by atoms with Crippen molar-refractivity contribution in [2.45, 2.75) is 6.92 Å². The fourth-order valence-electron chi connectivity index (χ4n) is 2.32. The number of nitro benzene ring substituents is 1. The van der Waals surface area contributed by atoms with Gasteiger partial charge in [0.2, 0.25) is 5.91 Å². The number of thioether (sulfide) groups is 1. The third kappa shape index (κ3) is 4.06. The van der Waals surface area contributed by atoms with Crippen LogP contribution in [-0.2, 0) is 9.59 Å². The van der Waals surface area contributed by atoms with Gasteiger partial charge in [-0.25, -0.2) is 0 Å². The van der Waals surface area contributed by atoms with Crippen molar-refractivity contribution in [2.75, 3.05) is 7.11 Å². The van der Waals surface area contributed by atoms with E-state index in [1.165, 1.54) is 32.2 Å². The predicted molar refractivity (Wildman–Crippen MR) is 99.2 cm³/mol. The maximum absolute atomic E-state index is 11.9. The second-order valence-electron chi connectivity index (χ2n) is 5.36. The maximum atomic E-state index is 11.9. The number of carbonyl (C=O) groups excluding carboxylic acids is 2. The number of nitrogens with zero attached hydrogens (tertiary/aromatic N) is 2. The molecule has 0 bridgehead atoms. The van der Waals surface area contributed by atoms with E-state index in [1.54, 1.807) is 18.2 Å². The van der Waals surface area contributed by atoms with Crippen LogP contribution >= 0.6 is 11.8 Å². The zero-order chi connectivity index (χ0) is 19.6. The average molecular weight is 387 g/mol. The Labute approximate surface area is 157 Å². The highest BCUT2D eigenvalue weighted by molar-refractivity contribution is 8.18. The van der Waals surface area contributed by atoms with Gasteiger partial charge in [0, 0.05) is 13.0 Å². The number of hydrogen-bond donors (Lipinski definition) is 1. The summed E-state index contributed by atoms with van der Waals surface area (Å²) in [6.07, 6.45) is 1.46. The molecule has 1 aromatic carbocycles. The molecule has 0 saturated carbocycles. The second kappa shape index (κ2) is 7.46. The largest absolute Gasteiger partial charge is 0.497 e. The fourth-order valence-corrected chi connectivity index (χ4v) is 3.16. The minimum absolute atomic E-state index is 0.162. The number of benzene rings is 1. The number of amides is 2. The van der Waals surface area contributed by atoms with Crippen molar-refractivity contribution in [1.82, 2.24) is 5.32 Å². The summed E-state index contributed by atoms with van der Waals surface area (Å²) in [6.45, 7) is 1.32. The summed E-state index contributed by atoms with van der Waals surface area (Å²) in [5.41, 5.74) is 0.122. The van der Waals surface area contributed by atoms with Crippen LogP contribution in [-0.4, -0.2) is 29.0 Å². The Bertz CT molecular complexity index is 1010. The predicted octanol–water partition coefficient (Wildman–Crippen LogP) is 2.97. The highest BCUT2D eigenvalue weighted by atomic mass is 32.2. The Morgan fingerprint density at radius 3 is 2.81 bits per heavy atom. The van der Waals surface area contributed by atoms with E-state index < -0.39 is 10.8 Å². The van der Waals surface area contributed by atoms with Crippen LogP contribution in [0.4, 0.5) is 5.69 Å². The number of ether oxygens (including phenoxy) is 1. The van der Waals surface area contributed by atoms with Gasteiger partial charge in [-0.2, -0.15) is 4.99 Å². The van der Waals surface area contributed by atoms with E-state index in [9.17, 15) is 19.7 Å². The molecule has 0 saturated heterocycles. The Morgan fingerprint density at radius 1 is 1.37 bits per heavy atom. The van der Waals surface area contributed by atoms with Gasteiger partial charge in [0.25, 0.3) is 11.6 Å². The Morgan fingerprint density at radius 2 is 2.15 bits per heavy atom. The van der Waals surface area contributed by atoms with Crippen molar-refractivity contribution in [2.24, 2.45) is 4.99 Å². The molecule has 3 rings (SSSR count). The first-order valence-corrected chi connectivity index (χ1v) is 8.42. The zero-order valence-electron chi connectivity index (χ0n) is 14.2. The first-order valence-electron chi connectivity index (χ1n) is 7.60. The van der Waals surface area contributed by atoms with E-state index in [-0.39, 0.29) is 33.0 Å². The number of aliphatic imine (C=N–C) groups is 1. The standard InChI is InChI=1S/C17H13N3O6S/c1-9(21)18-17-19-16(22)15(27-17)8-11-4-6-14(26-11)12-5-3-10(25-2)7-13(12)20(23)24/h3-8H,1-2H3,(H,18,19,21,22)/b15-8+. The molecule has 2 amide bonds. The maximum Gasteiger partial charge on any atom is 0.286 e. The number of furan rings is 1. The Kier molecular flexibility index (Phi) is 5.08. The van der Waals surface area contributed by atoms with Crippen LogP contribution in [0.3, 0.4) is 0 Å². The molecule has 1 N–H and O–H groups in total. The molecule has 0 aliphatic carbocycles. The fraction of sp³-hybridized carbons (Fsp3) is 0.118. The number of nitro groups is 1. The molecule has 0 atom stereocenters. The van der Waals surface area contributed by atoms with Crippen LogP contribution in [0.25, 0.3) is 17.4 Å². The number of hydrogen-bond acceptors (Lipinski definition) is 7. The van der Waals surface area contributed by atoms with Crippen LogP contribution in [0.1, 0.15) is 12.7 Å². The molecule has 1 aliphatic heterocycles. The topological polar surface area (TPSA) is 124 Å². The van der Waals surface area contributed by atoms with Crippen molar-refractivity contribution in [3.8, 4) is 17.1 Å². The van der Waals surface area contributed by atoms with Crippen molar-refractivity contribution in [3.05, 3.63) is 51.1 Å². The van der Waals surface area contributed by atoms with E-state index in [4.69, 9.17) is 9.15 Å². The molecule has 1 aromatic heterocycles. The molecule has 27 heavy (non-hydrogen) atoms. The summed E-state index contributed by atoms with van der Waals surface area (Å²) in [4.78, 5) is 37.7. The SMILES string of the molecule is COc1ccc(-c2ccc(/C=C3/SC(NC(C)=O)=NC3=O)o2)c([N+](=O)[O-])c1. The summed E-state index contributed by atoms with van der Waals surface area (Å²) in [6, 6.07) is 7.58. The summed E-state index contributed by atoms with van der Waals surface area (Å²) in [7, 11) is 1.42. The zero-order valence-corrected chi connectivity index (χ0v) is 15.0. The van der Waals surface area contributed by atoms with Gasteiger partial charge in [-0.3, -0.25) is 19.7 Å². The third-order valence-corrected chi connectivity index (χ3v) is 4.37. The van der Waals surface area contributed by atoms with Crippen LogP contribution in [0, 0.1) is 10.1 Å². The van der Waals surface area contributed by atoms with Gasteiger partial charge in [-0.15, -0.1) is 0 Å². The van der Waals surface area contributed by atoms with Crippen LogP contribution in [0.15, 0.2) is 44.6 Å². The molecule has 138 valence electrons. The number of amidine groups is 1. The number of rotatable bonds is 4. The summed E-state index contributed by atoms with van der Waals surface area (Å²) < 4.78 is 10.6. The number of methoxy groups -OCH3 is 1. The van der Waals surface area contributed by atoms with Gasteiger partial charge in [-0.1, -0.05) is 0 Å². The van der Waals surface area contributed by atoms with Crippen molar-refractivity contribution >= 4 is 40.5 Å². The van der Waals surface area contributed by atoms with Gasteiger partial charge in [0.15, 0.2) is 5.17 Å². The van der Waals surface area contributed by atoms with Crippen LogP contribution in [0.5, 0.6) is 5.75 Å². The lowest BCUT2D eigenvalue weighted by molar-refractivity contribution is -0.384. The lowest BCUT2D eigenvalue weighted by Crippen LogP contribution is -2.23. The Hall–Kier alpha value is -3.40. The third-order valence-electron chi connectivity index (χ3n) is 3.47. The average Bonchev–Trinajstić information content (AvgIpc) is 3.21. The first kappa shape index (κ1) is 18.4. The quantitative estimate of drug-likeness (QED) is 0.486. The normalized spacial score (nSPS) is 15.0. The van der Waals surface area contributed by atoms with Gasteiger partial charge in [-0.05, 0) is 36.0 Å². The lowest BCUT2D eigenvalue weighted by atomic mass is 10.1. The van der Waals surface area contributed by atoms with Crippen LogP contribution in [0.2, 0.25) is 0 Å². The molecular formula is C17H13N3O6S. The molecule has 2 aromatic rings. The van der Waals surface area contributed by atoms with Crippen LogP contribution < -0.4 is 10.1 Å². The molecule has 1 aliphatic rings. The van der Waals surface area contributed by atoms with Gasteiger partial charge < -0.3 is 14.5 Å². The molecule has 9 nitrogen and oxygen atoms in total. The molecular weight excluding hydrogens is 374 g/mol. The molecule has 0 unspecified atom stereocenters. The highest BCUT2D eigenvalue weighted by Gasteiger charge is 2.24. The molecule has 0 fully saturated rings. The molecule has 2 heterocycles. The molecule has 0 spiro atoms. The monoisotopic (exact) mass is 387 g/mol. The van der Waals surface area contributed by atoms with Gasteiger partial charge >= 0.3 is 0 Å². The van der Waals surface area contributed by atoms with E-state index in [2.05, 4.69) is 10.3 Å². The summed E-state index contributed by atoms with van der Waals surface area (Å²) in [5.74, 6) is 0.120. The van der Waals surface area contributed by atoms with Gasteiger partial charge in [0.05, 0.1) is 28.6 Å². The minimum atomic E-state index is -0.525. The highest BCUT2D eigenvalue weighted by Crippen LogP contribution is 2.35. The lowest BCUT2D eigenvalue weighted by Gasteiger charge is -2.03. The summed E-state index contributed by atoms with van der Waals surface area (Å²) in [5, 5.41) is 14.0. The van der Waals surface area contributed by atoms with Crippen molar-refractivity contribution in [3.63, 3.8) is 0 Å². The number of nitrogens with one attached hydrogen (secondary N) is 1. The van der Waals surface area contributed by atoms with Crippen molar-refractivity contribution in [1.29, 1.82) is 0 Å². The number of carbonyl (C=O) groups is 2. The molecule has 10 heteroatoms. The molecule has 0 radical (unpaired) electrons. The Balaban J connectivity index is 1.87. The van der Waals surface area contributed by atoms with E-state index in [0.29, 0.717) is 11.5 Å². The van der Waals surface area contributed by atoms with E-state index in [0.717, 1.165) is 11.8 Å². The smallest absolute Gasteiger partial charge is 0.286 e. The van der Waals surface area contributed by atoms with Crippen molar-refractivity contribution < 1.29 is 23.7 Å².